The number of nitrogens with zero attached hydrogens (tertiary/aromatic N) is 3. The van der Waals surface area contributed by atoms with Crippen molar-refractivity contribution in [2.75, 3.05) is 18.0 Å². The largest absolute Gasteiger partial charge is 0.311 e. The summed E-state index contributed by atoms with van der Waals surface area (Å²) in [6.45, 7) is 0.498. The number of sulfonamides is 1. The molecule has 0 saturated heterocycles. The number of pyridine rings is 1. The van der Waals surface area contributed by atoms with Gasteiger partial charge in [-0.1, -0.05) is 18.2 Å². The average molecular weight is 371 g/mol. The van der Waals surface area contributed by atoms with Crippen LogP contribution in [-0.2, 0) is 21.2 Å². The number of aromatic nitrogens is 1. The van der Waals surface area contributed by atoms with Crippen molar-refractivity contribution in [1.29, 1.82) is 0 Å². The predicted molar refractivity (Wildman–Crippen MR) is 98.3 cm³/mol. The highest BCUT2D eigenvalue weighted by molar-refractivity contribution is 7.89. The van der Waals surface area contributed by atoms with Crippen LogP contribution in [0, 0.1) is 0 Å². The molecule has 2 aromatic rings. The lowest BCUT2D eigenvalue weighted by atomic mass is 10.0. The minimum Gasteiger partial charge on any atom is -0.311 e. The monoisotopic (exact) mass is 371 g/mol. The summed E-state index contributed by atoms with van der Waals surface area (Å²) in [5.41, 5.74) is 2.04. The molecular formula is C19H21N3O3S. The first-order chi connectivity index (χ1) is 12.6. The molecule has 136 valence electrons. The maximum Gasteiger partial charge on any atom is 0.245 e. The van der Waals surface area contributed by atoms with Crippen molar-refractivity contribution in [2.45, 2.75) is 36.6 Å². The Morgan fingerprint density at radius 2 is 2.00 bits per heavy atom. The summed E-state index contributed by atoms with van der Waals surface area (Å²) < 4.78 is 27.3. The second kappa shape index (κ2) is 6.81. The summed E-state index contributed by atoms with van der Waals surface area (Å²) in [6.07, 6.45) is 6.30. The molecule has 0 radical (unpaired) electrons. The van der Waals surface area contributed by atoms with E-state index in [9.17, 15) is 13.2 Å². The van der Waals surface area contributed by atoms with E-state index in [-0.39, 0.29) is 23.4 Å². The predicted octanol–water partition coefficient (Wildman–Crippen LogP) is 2.21. The maximum atomic E-state index is 13.0. The normalized spacial score (nSPS) is 17.2. The average Bonchev–Trinajstić information content (AvgIpc) is 3.51. The van der Waals surface area contributed by atoms with Gasteiger partial charge < -0.3 is 4.90 Å². The van der Waals surface area contributed by atoms with Gasteiger partial charge in [0.1, 0.15) is 4.90 Å². The molecule has 26 heavy (non-hydrogen) atoms. The number of anilines is 1. The van der Waals surface area contributed by atoms with E-state index in [4.69, 9.17) is 0 Å². The second-order valence-corrected chi connectivity index (χ2v) is 8.64. The zero-order valence-corrected chi connectivity index (χ0v) is 15.2. The number of amides is 1. The number of carbonyl (C=O) groups is 1. The number of rotatable bonds is 5. The molecule has 1 saturated carbocycles. The first kappa shape index (κ1) is 17.2. The minimum atomic E-state index is -3.73. The van der Waals surface area contributed by atoms with E-state index in [1.165, 1.54) is 22.8 Å². The number of benzene rings is 1. The smallest absolute Gasteiger partial charge is 0.245 e. The molecule has 1 aliphatic heterocycles. The number of para-hydroxylation sites is 1. The highest BCUT2D eigenvalue weighted by Crippen LogP contribution is 2.33. The van der Waals surface area contributed by atoms with Crippen molar-refractivity contribution < 1.29 is 13.2 Å². The van der Waals surface area contributed by atoms with Gasteiger partial charge in [-0.25, -0.2) is 8.42 Å². The van der Waals surface area contributed by atoms with Gasteiger partial charge in [-0.3, -0.25) is 9.78 Å². The van der Waals surface area contributed by atoms with Crippen LogP contribution in [0.1, 0.15) is 24.8 Å². The van der Waals surface area contributed by atoms with Gasteiger partial charge in [-0.15, -0.1) is 0 Å². The molecule has 1 aromatic heterocycles. The quantitative estimate of drug-likeness (QED) is 0.808. The Bertz CT molecular complexity index is 911. The zero-order chi connectivity index (χ0) is 18.1. The number of hydrogen-bond acceptors (Lipinski definition) is 4. The summed E-state index contributed by atoms with van der Waals surface area (Å²) in [4.78, 5) is 18.8. The summed E-state index contributed by atoms with van der Waals surface area (Å²) in [5.74, 6) is -0.170. The molecule has 0 N–H and O–H groups in total. The van der Waals surface area contributed by atoms with Crippen LogP contribution in [0.15, 0.2) is 53.7 Å². The zero-order valence-electron chi connectivity index (χ0n) is 14.4. The van der Waals surface area contributed by atoms with Crippen molar-refractivity contribution in [3.63, 3.8) is 0 Å². The first-order valence-electron chi connectivity index (χ1n) is 8.87. The fraction of sp³-hybridized carbons (Fsp3) is 0.368. The standard InChI is InChI=1S/C19H21N3O3S/c23-19(21-12-4-6-15-5-1-2-8-18(15)21)14-22(16-9-10-16)26(24,25)17-7-3-11-20-13-17/h1-3,5,7-8,11,13,16H,4,6,9-10,12,14H2. The molecule has 2 aliphatic rings. The third-order valence-electron chi connectivity index (χ3n) is 4.90. The van der Waals surface area contributed by atoms with Crippen LogP contribution in [0.3, 0.4) is 0 Å². The maximum absolute atomic E-state index is 13.0. The van der Waals surface area contributed by atoms with Crippen LogP contribution in [0.4, 0.5) is 5.69 Å². The molecule has 0 unspecified atom stereocenters. The lowest BCUT2D eigenvalue weighted by Crippen LogP contribution is -2.45. The molecule has 1 aliphatic carbocycles. The van der Waals surface area contributed by atoms with E-state index in [0.717, 1.165) is 36.9 Å². The van der Waals surface area contributed by atoms with Gasteiger partial charge in [0.15, 0.2) is 0 Å². The van der Waals surface area contributed by atoms with Crippen LogP contribution in [0.25, 0.3) is 0 Å². The van der Waals surface area contributed by atoms with E-state index >= 15 is 0 Å². The van der Waals surface area contributed by atoms with Crippen LogP contribution in [0.5, 0.6) is 0 Å². The van der Waals surface area contributed by atoms with E-state index in [1.807, 2.05) is 24.3 Å². The lowest BCUT2D eigenvalue weighted by molar-refractivity contribution is -0.119. The molecule has 4 rings (SSSR count). The molecule has 1 fully saturated rings. The highest BCUT2D eigenvalue weighted by Gasteiger charge is 2.40. The van der Waals surface area contributed by atoms with Gasteiger partial charge in [-0.05, 0) is 49.4 Å². The fourth-order valence-electron chi connectivity index (χ4n) is 3.42. The van der Waals surface area contributed by atoms with Gasteiger partial charge in [0, 0.05) is 30.7 Å². The van der Waals surface area contributed by atoms with Crippen LogP contribution >= 0.6 is 0 Å². The van der Waals surface area contributed by atoms with Crippen LogP contribution in [0.2, 0.25) is 0 Å². The summed E-state index contributed by atoms with van der Waals surface area (Å²) in [5, 5.41) is 0. The van der Waals surface area contributed by atoms with E-state index in [0.29, 0.717) is 6.54 Å². The van der Waals surface area contributed by atoms with E-state index in [1.54, 1.807) is 11.0 Å². The topological polar surface area (TPSA) is 70.6 Å². The molecule has 1 aromatic carbocycles. The summed E-state index contributed by atoms with van der Waals surface area (Å²) in [7, 11) is -3.73. The molecule has 0 bridgehead atoms. The van der Waals surface area contributed by atoms with Crippen molar-refractivity contribution >= 4 is 21.6 Å². The lowest BCUT2D eigenvalue weighted by Gasteiger charge is -2.31. The van der Waals surface area contributed by atoms with Crippen LogP contribution < -0.4 is 4.90 Å². The molecule has 7 heteroatoms. The molecule has 0 spiro atoms. The van der Waals surface area contributed by atoms with Crippen molar-refractivity contribution in [3.05, 3.63) is 54.4 Å². The Hall–Kier alpha value is -2.25. The van der Waals surface area contributed by atoms with Crippen molar-refractivity contribution in [2.24, 2.45) is 0 Å². The molecule has 0 atom stereocenters. The summed E-state index contributed by atoms with van der Waals surface area (Å²) in [6, 6.07) is 10.9. The third-order valence-corrected chi connectivity index (χ3v) is 6.78. The number of fused-ring (bicyclic) bond motifs is 1. The summed E-state index contributed by atoms with van der Waals surface area (Å²) >= 11 is 0. The number of carbonyl (C=O) groups excluding carboxylic acids is 1. The third kappa shape index (κ3) is 3.24. The van der Waals surface area contributed by atoms with Gasteiger partial charge in [-0.2, -0.15) is 4.31 Å². The van der Waals surface area contributed by atoms with Crippen molar-refractivity contribution in [1.82, 2.24) is 9.29 Å². The molecule has 2 heterocycles. The molecular weight excluding hydrogens is 350 g/mol. The Balaban J connectivity index is 1.60. The molecule has 6 nitrogen and oxygen atoms in total. The number of hydrogen-bond donors (Lipinski definition) is 0. The van der Waals surface area contributed by atoms with E-state index in [2.05, 4.69) is 4.98 Å². The first-order valence-corrected chi connectivity index (χ1v) is 10.3. The van der Waals surface area contributed by atoms with Gasteiger partial charge in [0.2, 0.25) is 15.9 Å². The Labute approximate surface area is 153 Å². The second-order valence-electron chi connectivity index (χ2n) is 6.75. The minimum absolute atomic E-state index is 0.0933. The molecule has 1 amide bonds. The fourth-order valence-corrected chi connectivity index (χ4v) is 5.02. The Kier molecular flexibility index (Phi) is 4.50. The van der Waals surface area contributed by atoms with Crippen molar-refractivity contribution in [3.8, 4) is 0 Å². The highest BCUT2D eigenvalue weighted by atomic mass is 32.2. The Morgan fingerprint density at radius 3 is 2.73 bits per heavy atom. The SMILES string of the molecule is O=C(CN(C1CC1)S(=O)(=O)c1cccnc1)N1CCCc2ccccc21. The number of aryl methyl sites for hydroxylation is 1. The van der Waals surface area contributed by atoms with Crippen LogP contribution in [-0.4, -0.2) is 42.7 Å². The Morgan fingerprint density at radius 1 is 1.19 bits per heavy atom. The van der Waals surface area contributed by atoms with Gasteiger partial charge in [0.05, 0.1) is 6.54 Å². The van der Waals surface area contributed by atoms with Gasteiger partial charge in [0.25, 0.3) is 0 Å². The van der Waals surface area contributed by atoms with E-state index < -0.39 is 10.0 Å². The van der Waals surface area contributed by atoms with Gasteiger partial charge >= 0.3 is 0 Å².